The van der Waals surface area contributed by atoms with Gasteiger partial charge < -0.3 is 20.1 Å². The van der Waals surface area contributed by atoms with Crippen molar-refractivity contribution in [3.8, 4) is 0 Å². The summed E-state index contributed by atoms with van der Waals surface area (Å²) in [5, 5.41) is 5.36. The number of benzene rings is 2. The van der Waals surface area contributed by atoms with Crippen molar-refractivity contribution in [3.05, 3.63) is 65.2 Å². The van der Waals surface area contributed by atoms with E-state index in [1.54, 1.807) is 49.6 Å². The van der Waals surface area contributed by atoms with Crippen molar-refractivity contribution in [3.63, 3.8) is 0 Å². The zero-order valence-corrected chi connectivity index (χ0v) is 14.6. The van der Waals surface area contributed by atoms with Crippen LogP contribution in [-0.2, 0) is 9.47 Å². The Morgan fingerprint density at radius 2 is 1.62 bits per heavy atom. The van der Waals surface area contributed by atoms with Gasteiger partial charge in [-0.25, -0.2) is 4.79 Å². The minimum atomic E-state index is -0.549. The Bertz CT molecular complexity index is 804. The van der Waals surface area contributed by atoms with Crippen molar-refractivity contribution < 1.29 is 23.9 Å². The van der Waals surface area contributed by atoms with Gasteiger partial charge in [0.2, 0.25) is 0 Å². The number of carbonyl (C=O) groups excluding carboxylic acids is 3. The normalized spacial score (nSPS) is 10.1. The largest absolute Gasteiger partial charge is 0.465 e. The molecule has 0 aliphatic rings. The first-order valence-electron chi connectivity index (χ1n) is 7.92. The SMILES string of the molecule is COCCNC(=O)c1cccc(C(=O)Nc2ccccc2C(=O)OC)c1. The number of hydrogen-bond donors (Lipinski definition) is 2. The number of anilines is 1. The van der Waals surface area contributed by atoms with E-state index >= 15 is 0 Å². The lowest BCUT2D eigenvalue weighted by molar-refractivity contribution is 0.0601. The highest BCUT2D eigenvalue weighted by molar-refractivity contribution is 6.09. The average molecular weight is 356 g/mol. The Balaban J connectivity index is 2.15. The second-order valence-electron chi connectivity index (χ2n) is 5.32. The lowest BCUT2D eigenvalue weighted by Gasteiger charge is -2.10. The number of amides is 2. The van der Waals surface area contributed by atoms with Crippen LogP contribution in [0, 0.1) is 0 Å². The van der Waals surface area contributed by atoms with E-state index in [2.05, 4.69) is 10.6 Å². The van der Waals surface area contributed by atoms with E-state index in [0.29, 0.717) is 30.0 Å². The van der Waals surface area contributed by atoms with Crippen molar-refractivity contribution in [2.75, 3.05) is 32.7 Å². The molecule has 7 nitrogen and oxygen atoms in total. The van der Waals surface area contributed by atoms with Gasteiger partial charge in [-0.15, -0.1) is 0 Å². The average Bonchev–Trinajstić information content (AvgIpc) is 2.68. The van der Waals surface area contributed by atoms with Crippen molar-refractivity contribution in [2.24, 2.45) is 0 Å². The maximum Gasteiger partial charge on any atom is 0.339 e. The minimum Gasteiger partial charge on any atom is -0.465 e. The number of esters is 1. The van der Waals surface area contributed by atoms with Crippen LogP contribution in [0.15, 0.2) is 48.5 Å². The number of para-hydroxylation sites is 1. The Morgan fingerprint density at radius 1 is 0.923 bits per heavy atom. The van der Waals surface area contributed by atoms with Gasteiger partial charge in [0.25, 0.3) is 11.8 Å². The van der Waals surface area contributed by atoms with Crippen molar-refractivity contribution >= 4 is 23.5 Å². The molecule has 2 amide bonds. The summed E-state index contributed by atoms with van der Waals surface area (Å²) < 4.78 is 9.59. The summed E-state index contributed by atoms with van der Waals surface area (Å²) in [7, 11) is 2.82. The molecule has 0 saturated heterocycles. The van der Waals surface area contributed by atoms with Crippen LogP contribution in [0.4, 0.5) is 5.69 Å². The van der Waals surface area contributed by atoms with Crippen LogP contribution in [0.2, 0.25) is 0 Å². The predicted molar refractivity (Wildman–Crippen MR) is 96.4 cm³/mol. The molecule has 136 valence electrons. The molecule has 2 aromatic rings. The van der Waals surface area contributed by atoms with Crippen molar-refractivity contribution in [2.45, 2.75) is 0 Å². The topological polar surface area (TPSA) is 93.7 Å². The molecule has 0 spiro atoms. The molecule has 0 aliphatic carbocycles. The third-order valence-electron chi connectivity index (χ3n) is 3.56. The van der Waals surface area contributed by atoms with Gasteiger partial charge >= 0.3 is 5.97 Å². The fourth-order valence-corrected chi connectivity index (χ4v) is 2.24. The van der Waals surface area contributed by atoms with Gasteiger partial charge in [0.05, 0.1) is 25.0 Å². The Labute approximate surface area is 151 Å². The number of carbonyl (C=O) groups is 3. The quantitative estimate of drug-likeness (QED) is 0.585. The predicted octanol–water partition coefficient (Wildman–Crippen LogP) is 2.10. The fourth-order valence-electron chi connectivity index (χ4n) is 2.24. The highest BCUT2D eigenvalue weighted by Gasteiger charge is 2.15. The summed E-state index contributed by atoms with van der Waals surface area (Å²) in [6.45, 7) is 0.772. The second-order valence-corrected chi connectivity index (χ2v) is 5.32. The third kappa shape index (κ3) is 4.90. The van der Waals surface area contributed by atoms with Gasteiger partial charge in [-0.3, -0.25) is 9.59 Å². The van der Waals surface area contributed by atoms with Crippen molar-refractivity contribution in [1.82, 2.24) is 5.32 Å². The zero-order valence-electron chi connectivity index (χ0n) is 14.6. The van der Waals surface area contributed by atoms with Crippen LogP contribution in [-0.4, -0.2) is 45.2 Å². The smallest absolute Gasteiger partial charge is 0.339 e. The molecular formula is C19H20N2O5. The molecule has 2 N–H and O–H groups in total. The summed E-state index contributed by atoms with van der Waals surface area (Å²) in [6, 6.07) is 12.8. The lowest BCUT2D eigenvalue weighted by Crippen LogP contribution is -2.27. The molecule has 0 heterocycles. The molecule has 0 bridgehead atoms. The first kappa shape index (κ1) is 19.1. The summed E-state index contributed by atoms with van der Waals surface area (Å²) in [5.41, 5.74) is 1.23. The highest BCUT2D eigenvalue weighted by Crippen LogP contribution is 2.17. The first-order chi connectivity index (χ1) is 12.6. The fraction of sp³-hybridized carbons (Fsp3) is 0.211. The molecule has 0 saturated carbocycles. The molecule has 0 fully saturated rings. The van der Waals surface area contributed by atoms with Gasteiger partial charge in [-0.1, -0.05) is 18.2 Å². The number of ether oxygens (including phenoxy) is 2. The van der Waals surface area contributed by atoms with E-state index in [4.69, 9.17) is 9.47 Å². The van der Waals surface area contributed by atoms with Crippen LogP contribution >= 0.6 is 0 Å². The summed E-state index contributed by atoms with van der Waals surface area (Å²) >= 11 is 0. The summed E-state index contributed by atoms with van der Waals surface area (Å²) in [4.78, 5) is 36.4. The van der Waals surface area contributed by atoms with Gasteiger partial charge in [0.15, 0.2) is 0 Å². The van der Waals surface area contributed by atoms with E-state index < -0.39 is 11.9 Å². The Hall–Kier alpha value is -3.19. The van der Waals surface area contributed by atoms with Gasteiger partial charge in [-0.05, 0) is 30.3 Å². The monoisotopic (exact) mass is 356 g/mol. The van der Waals surface area contributed by atoms with Crippen LogP contribution in [0.1, 0.15) is 31.1 Å². The van der Waals surface area contributed by atoms with Crippen LogP contribution in [0.3, 0.4) is 0 Å². The van der Waals surface area contributed by atoms with Gasteiger partial charge in [0.1, 0.15) is 0 Å². The molecule has 0 unspecified atom stereocenters. The summed E-state index contributed by atoms with van der Waals surface area (Å²) in [5.74, 6) is -1.29. The van der Waals surface area contributed by atoms with Gasteiger partial charge in [0, 0.05) is 24.8 Å². The molecular weight excluding hydrogens is 336 g/mol. The molecule has 0 radical (unpaired) electrons. The summed E-state index contributed by atoms with van der Waals surface area (Å²) in [6.07, 6.45) is 0. The standard InChI is InChI=1S/C19H20N2O5/c1-25-11-10-20-17(22)13-6-5-7-14(12-13)18(23)21-16-9-4-3-8-15(16)19(24)26-2/h3-9,12H,10-11H2,1-2H3,(H,20,22)(H,21,23). The second kappa shape index (κ2) is 9.33. The maximum atomic E-state index is 12.5. The molecule has 2 aromatic carbocycles. The molecule has 7 heteroatoms. The molecule has 0 atom stereocenters. The number of nitrogens with one attached hydrogen (secondary N) is 2. The molecule has 0 aromatic heterocycles. The van der Waals surface area contributed by atoms with Crippen LogP contribution in [0.5, 0.6) is 0 Å². The van der Waals surface area contributed by atoms with E-state index in [9.17, 15) is 14.4 Å². The van der Waals surface area contributed by atoms with Gasteiger partial charge in [-0.2, -0.15) is 0 Å². The van der Waals surface area contributed by atoms with E-state index in [1.807, 2.05) is 0 Å². The van der Waals surface area contributed by atoms with Crippen LogP contribution in [0.25, 0.3) is 0 Å². The maximum absolute atomic E-state index is 12.5. The lowest BCUT2D eigenvalue weighted by atomic mass is 10.1. The molecule has 0 aliphatic heterocycles. The van der Waals surface area contributed by atoms with Crippen LogP contribution < -0.4 is 10.6 Å². The Morgan fingerprint density at radius 3 is 2.31 bits per heavy atom. The van der Waals surface area contributed by atoms with E-state index in [0.717, 1.165) is 0 Å². The number of rotatable bonds is 7. The third-order valence-corrected chi connectivity index (χ3v) is 3.56. The zero-order chi connectivity index (χ0) is 18.9. The Kier molecular flexibility index (Phi) is 6.87. The molecule has 2 rings (SSSR count). The van der Waals surface area contributed by atoms with E-state index in [-0.39, 0.29) is 11.5 Å². The number of methoxy groups -OCH3 is 2. The number of hydrogen-bond acceptors (Lipinski definition) is 5. The highest BCUT2D eigenvalue weighted by atomic mass is 16.5. The minimum absolute atomic E-state index is 0.247. The molecule has 26 heavy (non-hydrogen) atoms. The van der Waals surface area contributed by atoms with Crippen molar-refractivity contribution in [1.29, 1.82) is 0 Å². The first-order valence-corrected chi connectivity index (χ1v) is 7.92. The van der Waals surface area contributed by atoms with E-state index in [1.165, 1.54) is 13.2 Å².